The van der Waals surface area contributed by atoms with Gasteiger partial charge < -0.3 is 20.1 Å². The number of hydrogen-bond donors (Lipinski definition) is 4. The van der Waals surface area contributed by atoms with Gasteiger partial charge in [0.2, 0.25) is 0 Å². The van der Waals surface area contributed by atoms with Crippen LogP contribution in [0.25, 0.3) is 0 Å². The molecule has 0 radical (unpaired) electrons. The molecule has 1 saturated heterocycles. The first-order valence-electron chi connectivity index (χ1n) is 6.36. The molecule has 8 heteroatoms. The van der Waals surface area contributed by atoms with Crippen LogP contribution in [0.2, 0.25) is 0 Å². The maximum absolute atomic E-state index is 11.9. The van der Waals surface area contributed by atoms with Crippen LogP contribution < -0.4 is 11.2 Å². The number of rotatable bonds is 4. The second kappa shape index (κ2) is 5.88. The van der Waals surface area contributed by atoms with Crippen LogP contribution in [0.15, 0.2) is 15.8 Å². The lowest BCUT2D eigenvalue weighted by atomic mass is 10.0. The van der Waals surface area contributed by atoms with Gasteiger partial charge in [0.1, 0.15) is 12.2 Å². The fraction of sp³-hybridized carbons (Fsp3) is 0.667. The molecule has 0 aliphatic carbocycles. The number of aliphatic hydroxyl groups excluding tert-OH is 3. The van der Waals surface area contributed by atoms with Gasteiger partial charge >= 0.3 is 5.69 Å². The Morgan fingerprint density at radius 2 is 2.25 bits per heavy atom. The fourth-order valence-electron chi connectivity index (χ4n) is 2.41. The van der Waals surface area contributed by atoms with E-state index in [4.69, 9.17) is 9.84 Å². The molecule has 0 bridgehead atoms. The lowest BCUT2D eigenvalue weighted by Gasteiger charge is -2.26. The topological polar surface area (TPSA) is 125 Å². The smallest absolute Gasteiger partial charge is 0.328 e. The average molecular weight is 286 g/mol. The molecule has 0 amide bonds. The normalized spacial score (nSPS) is 27.7. The van der Waals surface area contributed by atoms with E-state index >= 15 is 0 Å². The molecule has 1 aromatic heterocycles. The zero-order valence-electron chi connectivity index (χ0n) is 11.0. The highest BCUT2D eigenvalue weighted by Crippen LogP contribution is 2.28. The Balaban J connectivity index is 2.40. The Hall–Kier alpha value is -1.48. The van der Waals surface area contributed by atoms with Crippen molar-refractivity contribution in [3.8, 4) is 0 Å². The summed E-state index contributed by atoms with van der Waals surface area (Å²) in [5, 5.41) is 28.8. The van der Waals surface area contributed by atoms with E-state index in [1.165, 1.54) is 17.7 Å². The number of nitrogens with zero attached hydrogens (tertiary/aromatic N) is 1. The average Bonchev–Trinajstić information content (AvgIpc) is 2.76. The summed E-state index contributed by atoms with van der Waals surface area (Å²) in [5.74, 6) is 0. The van der Waals surface area contributed by atoms with E-state index in [1.54, 1.807) is 0 Å². The molecule has 2 rings (SSSR count). The predicted octanol–water partition coefficient (Wildman–Crippen LogP) is -2.11. The number of ether oxygens (including phenoxy) is 1. The molecule has 8 nitrogen and oxygen atoms in total. The highest BCUT2D eigenvalue weighted by molar-refractivity contribution is 5.04. The van der Waals surface area contributed by atoms with Crippen LogP contribution in [0.3, 0.4) is 0 Å². The van der Waals surface area contributed by atoms with Crippen molar-refractivity contribution < 1.29 is 20.1 Å². The molecule has 4 N–H and O–H groups in total. The van der Waals surface area contributed by atoms with Crippen LogP contribution in [0.4, 0.5) is 0 Å². The van der Waals surface area contributed by atoms with Crippen LogP contribution in [-0.4, -0.2) is 56.4 Å². The molecule has 1 aliphatic heterocycles. The van der Waals surface area contributed by atoms with Gasteiger partial charge in [-0.15, -0.1) is 0 Å². The van der Waals surface area contributed by atoms with Crippen molar-refractivity contribution in [2.45, 2.75) is 37.7 Å². The van der Waals surface area contributed by atoms with Crippen LogP contribution in [0.1, 0.15) is 18.0 Å². The van der Waals surface area contributed by atoms with Gasteiger partial charge in [-0.3, -0.25) is 14.3 Å². The second-order valence-corrected chi connectivity index (χ2v) is 4.91. The van der Waals surface area contributed by atoms with Crippen molar-refractivity contribution >= 4 is 0 Å². The number of hydrogen-bond acceptors (Lipinski definition) is 6. The summed E-state index contributed by atoms with van der Waals surface area (Å²) in [6.07, 6.45) is -1.40. The number of aromatic amines is 1. The van der Waals surface area contributed by atoms with Crippen molar-refractivity contribution in [3.63, 3.8) is 0 Å². The number of aliphatic hydroxyl groups is 3. The van der Waals surface area contributed by atoms with Gasteiger partial charge in [0.25, 0.3) is 5.56 Å². The second-order valence-electron chi connectivity index (χ2n) is 4.91. The highest BCUT2D eigenvalue weighted by Gasteiger charge is 2.42. The van der Waals surface area contributed by atoms with Crippen LogP contribution in [0.5, 0.6) is 0 Å². The lowest BCUT2D eigenvalue weighted by molar-refractivity contribution is -0.0272. The van der Waals surface area contributed by atoms with Gasteiger partial charge in [-0.2, -0.15) is 0 Å². The third-order valence-electron chi connectivity index (χ3n) is 3.46. The quantitative estimate of drug-likeness (QED) is 0.502. The maximum Gasteiger partial charge on any atom is 0.328 e. The van der Waals surface area contributed by atoms with E-state index in [1.807, 2.05) is 0 Å². The van der Waals surface area contributed by atoms with E-state index in [2.05, 4.69) is 4.98 Å². The third kappa shape index (κ3) is 2.68. The first-order valence-corrected chi connectivity index (χ1v) is 6.36. The minimum atomic E-state index is -1.01. The molecule has 112 valence electrons. The minimum Gasteiger partial charge on any atom is -0.396 e. The third-order valence-corrected chi connectivity index (χ3v) is 3.46. The largest absolute Gasteiger partial charge is 0.396 e. The summed E-state index contributed by atoms with van der Waals surface area (Å²) in [4.78, 5) is 25.4. The van der Waals surface area contributed by atoms with E-state index in [9.17, 15) is 19.8 Å². The van der Waals surface area contributed by atoms with E-state index < -0.39 is 35.6 Å². The molecular formula is C12H18N2O6. The van der Waals surface area contributed by atoms with Crippen LogP contribution >= 0.6 is 0 Å². The van der Waals surface area contributed by atoms with Gasteiger partial charge in [0.05, 0.1) is 18.8 Å². The standard InChI is InChI=1S/C12H18N2O6/c1-6-4-14(12(19)13-11(6)18)9-8(17)5-20-10(9)7(16)2-3-15/h4,7-10,15-17H,2-3,5H2,1H3,(H,13,18,19)/t7-,8?,9+,10?/m0/s1. The first kappa shape index (κ1) is 14.9. The molecule has 2 heterocycles. The zero-order chi connectivity index (χ0) is 14.9. The van der Waals surface area contributed by atoms with Gasteiger partial charge in [0.15, 0.2) is 0 Å². The monoisotopic (exact) mass is 286 g/mol. The summed E-state index contributed by atoms with van der Waals surface area (Å²) >= 11 is 0. The predicted molar refractivity (Wildman–Crippen MR) is 68.6 cm³/mol. The number of nitrogens with one attached hydrogen (secondary N) is 1. The van der Waals surface area contributed by atoms with Crippen LogP contribution in [-0.2, 0) is 4.74 Å². The van der Waals surface area contributed by atoms with Crippen molar-refractivity contribution in [2.75, 3.05) is 13.2 Å². The summed E-state index contributed by atoms with van der Waals surface area (Å²) < 4.78 is 6.48. The number of aromatic nitrogens is 2. The highest BCUT2D eigenvalue weighted by atomic mass is 16.5. The molecule has 1 aliphatic rings. The fourth-order valence-corrected chi connectivity index (χ4v) is 2.41. The SMILES string of the molecule is Cc1cn([C@@H]2C(O)COC2[C@@H](O)CCO)c(=O)[nH]c1=O. The minimum absolute atomic E-state index is 0.0254. The van der Waals surface area contributed by atoms with Gasteiger partial charge in [0, 0.05) is 18.4 Å². The van der Waals surface area contributed by atoms with E-state index in [-0.39, 0.29) is 19.6 Å². The molecule has 0 spiro atoms. The van der Waals surface area contributed by atoms with Crippen LogP contribution in [0, 0.1) is 6.92 Å². The van der Waals surface area contributed by atoms with E-state index in [0.717, 1.165) is 0 Å². The first-order chi connectivity index (χ1) is 9.45. The summed E-state index contributed by atoms with van der Waals surface area (Å²) in [5.41, 5.74) is -0.845. The Kier molecular flexibility index (Phi) is 4.39. The molecule has 1 aromatic rings. The van der Waals surface area contributed by atoms with Gasteiger partial charge in [-0.05, 0) is 13.3 Å². The summed E-state index contributed by atoms with van der Waals surface area (Å²) in [6.45, 7) is 1.28. The zero-order valence-corrected chi connectivity index (χ0v) is 11.0. The molecule has 20 heavy (non-hydrogen) atoms. The Labute approximate surface area is 114 Å². The van der Waals surface area contributed by atoms with Gasteiger partial charge in [-0.25, -0.2) is 4.79 Å². The van der Waals surface area contributed by atoms with Gasteiger partial charge in [-0.1, -0.05) is 0 Å². The van der Waals surface area contributed by atoms with Crippen molar-refractivity contribution in [2.24, 2.45) is 0 Å². The maximum atomic E-state index is 11.9. The Bertz CT molecular complexity index is 580. The summed E-state index contributed by atoms with van der Waals surface area (Å²) in [6, 6.07) is -0.806. The Morgan fingerprint density at radius 3 is 2.90 bits per heavy atom. The molecule has 2 unspecified atom stereocenters. The molecule has 1 fully saturated rings. The van der Waals surface area contributed by atoms with E-state index in [0.29, 0.717) is 5.56 Å². The van der Waals surface area contributed by atoms with Crippen molar-refractivity contribution in [3.05, 3.63) is 32.6 Å². The molecular weight excluding hydrogens is 268 g/mol. The van der Waals surface area contributed by atoms with Crippen molar-refractivity contribution in [1.29, 1.82) is 0 Å². The number of aryl methyl sites for hydroxylation is 1. The lowest BCUT2D eigenvalue weighted by Crippen LogP contribution is -2.43. The Morgan fingerprint density at radius 1 is 1.55 bits per heavy atom. The molecule has 4 atom stereocenters. The summed E-state index contributed by atoms with van der Waals surface area (Å²) in [7, 11) is 0. The number of H-pyrrole nitrogens is 1. The molecule has 0 aromatic carbocycles. The van der Waals surface area contributed by atoms with Crippen molar-refractivity contribution in [1.82, 2.24) is 9.55 Å². The molecule has 0 saturated carbocycles.